The zero-order valence-corrected chi connectivity index (χ0v) is 11.6. The Kier molecular flexibility index (Phi) is 3.31. The van der Waals surface area contributed by atoms with Crippen molar-refractivity contribution < 1.29 is 9.22 Å². The highest BCUT2D eigenvalue weighted by molar-refractivity contribution is 6.74. The summed E-state index contributed by atoms with van der Waals surface area (Å²) in [6.45, 7) is 14.9. The van der Waals surface area contributed by atoms with Crippen LogP contribution in [0.15, 0.2) is 0 Å². The molecule has 1 saturated heterocycles. The molecule has 4 heteroatoms. The van der Waals surface area contributed by atoms with Gasteiger partial charge in [-0.25, -0.2) is 0 Å². The second-order valence-electron chi connectivity index (χ2n) is 5.67. The summed E-state index contributed by atoms with van der Waals surface area (Å²) in [5, 5.41) is 0.190. The van der Waals surface area contributed by atoms with Gasteiger partial charge in [-0.15, -0.1) is 0 Å². The molecular weight excluding hydrogens is 206 g/mol. The number of hydrogen-bond acceptors (Lipinski definition) is 2. The zero-order valence-electron chi connectivity index (χ0n) is 10.6. The van der Waals surface area contributed by atoms with Crippen LogP contribution in [0.1, 0.15) is 34.1 Å². The molecule has 1 aliphatic heterocycles. The molecule has 15 heavy (non-hydrogen) atoms. The van der Waals surface area contributed by atoms with E-state index in [0.29, 0.717) is 6.42 Å². The first-order valence-electron chi connectivity index (χ1n) is 5.47. The molecule has 1 rings (SSSR count). The van der Waals surface area contributed by atoms with Gasteiger partial charge in [-0.05, 0) is 25.1 Å². The molecule has 0 saturated carbocycles. The molecule has 0 aromatic carbocycles. The maximum atomic E-state index is 11.2. The van der Waals surface area contributed by atoms with Crippen molar-refractivity contribution in [1.29, 1.82) is 0 Å². The number of amides is 1. The maximum absolute atomic E-state index is 11.2. The first kappa shape index (κ1) is 12.7. The minimum absolute atomic E-state index is 0.104. The van der Waals surface area contributed by atoms with Crippen LogP contribution in [0.5, 0.6) is 0 Å². The predicted molar refractivity (Wildman–Crippen MR) is 63.5 cm³/mol. The lowest BCUT2D eigenvalue weighted by Gasteiger charge is -2.43. The molecule has 0 spiro atoms. The summed E-state index contributed by atoms with van der Waals surface area (Å²) >= 11 is 0. The summed E-state index contributed by atoms with van der Waals surface area (Å²) in [6, 6.07) is 0. The monoisotopic (exact) mass is 228 g/mol. The molecule has 0 aliphatic carbocycles. The Morgan fingerprint density at radius 1 is 1.47 bits per heavy atom. The molecule has 0 N–H and O–H groups in total. The predicted octanol–water partition coefficient (Wildman–Crippen LogP) is 2.75. The van der Waals surface area contributed by atoms with E-state index in [1.807, 2.05) is 13.5 Å². The van der Waals surface area contributed by atoms with Crippen molar-refractivity contribution in [3.63, 3.8) is 0 Å². The van der Waals surface area contributed by atoms with Crippen LogP contribution in [0.2, 0.25) is 18.1 Å². The molecule has 1 fully saturated rings. The van der Waals surface area contributed by atoms with Gasteiger partial charge in [0.2, 0.25) is 5.91 Å². The minimum Gasteiger partial charge on any atom is -0.397 e. The second-order valence-corrected chi connectivity index (χ2v) is 10.4. The Morgan fingerprint density at radius 2 is 2.00 bits per heavy atom. The van der Waals surface area contributed by atoms with Crippen LogP contribution in [-0.4, -0.2) is 25.4 Å². The molecule has 1 radical (unpaired) electrons. The molecule has 1 amide bonds. The lowest BCUT2D eigenvalue weighted by atomic mass is 10.2. The van der Waals surface area contributed by atoms with Crippen LogP contribution in [0.4, 0.5) is 0 Å². The maximum Gasteiger partial charge on any atom is 0.227 e. The molecule has 0 aromatic rings. The third-order valence-corrected chi connectivity index (χ3v) is 7.96. The van der Waals surface area contributed by atoms with Crippen molar-refractivity contribution in [2.45, 2.75) is 58.5 Å². The molecule has 3 nitrogen and oxygen atoms in total. The van der Waals surface area contributed by atoms with E-state index in [1.165, 1.54) is 0 Å². The van der Waals surface area contributed by atoms with Gasteiger partial charge in [-0.3, -0.25) is 4.79 Å². The van der Waals surface area contributed by atoms with Gasteiger partial charge in [0.25, 0.3) is 0 Å². The fourth-order valence-electron chi connectivity index (χ4n) is 1.28. The fraction of sp³-hybridized carbons (Fsp3) is 0.818. The Hall–Kier alpha value is -0.353. The largest absolute Gasteiger partial charge is 0.397 e. The highest BCUT2D eigenvalue weighted by atomic mass is 28.4. The van der Waals surface area contributed by atoms with E-state index >= 15 is 0 Å². The standard InChI is InChI=1S/C11H22NO2Si/c1-9(12-8-7-10(12)13)14-15(5,6)11(2,3)4/h8-9H,7H2,1-6H3/t9-/m1/s1. The molecule has 0 bridgehead atoms. The molecule has 1 heterocycles. The highest BCUT2D eigenvalue weighted by Crippen LogP contribution is 2.38. The SMILES string of the molecule is C[C@@H](O[Si](C)(C)C(C)(C)C)N1[CH]CC1=O. The van der Waals surface area contributed by atoms with Gasteiger partial charge in [-0.2, -0.15) is 0 Å². The van der Waals surface area contributed by atoms with E-state index in [9.17, 15) is 4.79 Å². The van der Waals surface area contributed by atoms with E-state index in [-0.39, 0.29) is 17.2 Å². The summed E-state index contributed by atoms with van der Waals surface area (Å²) < 4.78 is 6.09. The number of hydrogen-bond donors (Lipinski definition) is 0. The third kappa shape index (κ3) is 2.61. The van der Waals surface area contributed by atoms with E-state index in [4.69, 9.17) is 4.43 Å². The van der Waals surface area contributed by atoms with Crippen molar-refractivity contribution in [2.24, 2.45) is 0 Å². The van der Waals surface area contributed by atoms with Gasteiger partial charge in [0, 0.05) is 6.42 Å². The van der Waals surface area contributed by atoms with E-state index in [0.717, 1.165) is 0 Å². The number of carbonyl (C=O) groups excluding carboxylic acids is 1. The van der Waals surface area contributed by atoms with Crippen LogP contribution in [0.3, 0.4) is 0 Å². The van der Waals surface area contributed by atoms with E-state index in [2.05, 4.69) is 33.9 Å². The van der Waals surface area contributed by atoms with Crippen molar-refractivity contribution in [1.82, 2.24) is 4.90 Å². The normalized spacial score (nSPS) is 20.1. The number of likely N-dealkylation sites (tertiary alicyclic amines) is 1. The molecule has 1 atom stereocenters. The number of nitrogens with zero attached hydrogens (tertiary/aromatic N) is 1. The minimum atomic E-state index is -1.76. The lowest BCUT2D eigenvalue weighted by Crippen LogP contribution is -2.52. The first-order valence-corrected chi connectivity index (χ1v) is 8.38. The van der Waals surface area contributed by atoms with Crippen LogP contribution in [0, 0.1) is 6.54 Å². The highest BCUT2D eigenvalue weighted by Gasteiger charge is 2.41. The fourth-order valence-corrected chi connectivity index (χ4v) is 2.60. The summed E-state index contributed by atoms with van der Waals surface area (Å²) in [7, 11) is -1.76. The van der Waals surface area contributed by atoms with Crippen LogP contribution in [0.25, 0.3) is 0 Å². The van der Waals surface area contributed by atoms with Crippen molar-refractivity contribution in [3.05, 3.63) is 6.54 Å². The lowest BCUT2D eigenvalue weighted by molar-refractivity contribution is -0.144. The number of rotatable bonds is 3. The topological polar surface area (TPSA) is 29.5 Å². The summed E-state index contributed by atoms with van der Waals surface area (Å²) in [4.78, 5) is 12.9. The number of β-lactam (4-membered cyclic amide) rings is 1. The van der Waals surface area contributed by atoms with Crippen LogP contribution >= 0.6 is 0 Å². The van der Waals surface area contributed by atoms with E-state index < -0.39 is 8.32 Å². The number of carbonyl (C=O) groups is 1. The van der Waals surface area contributed by atoms with Crippen molar-refractivity contribution in [3.8, 4) is 0 Å². The average molecular weight is 228 g/mol. The van der Waals surface area contributed by atoms with Gasteiger partial charge < -0.3 is 9.33 Å². The molecule has 0 aromatic heterocycles. The third-order valence-electron chi connectivity index (χ3n) is 3.41. The Balaban J connectivity index is 2.57. The molecular formula is C11H22NO2Si. The second kappa shape index (κ2) is 3.90. The summed E-state index contributed by atoms with van der Waals surface area (Å²) in [6.07, 6.45) is 0.456. The first-order chi connectivity index (χ1) is 6.65. The van der Waals surface area contributed by atoms with Gasteiger partial charge in [-0.1, -0.05) is 20.8 Å². The van der Waals surface area contributed by atoms with Crippen LogP contribution < -0.4 is 0 Å². The quantitative estimate of drug-likeness (QED) is 0.549. The van der Waals surface area contributed by atoms with Gasteiger partial charge >= 0.3 is 0 Å². The summed E-state index contributed by atoms with van der Waals surface area (Å²) in [5.74, 6) is 0.168. The van der Waals surface area contributed by atoms with E-state index in [1.54, 1.807) is 4.90 Å². The smallest absolute Gasteiger partial charge is 0.227 e. The van der Waals surface area contributed by atoms with Gasteiger partial charge in [0.15, 0.2) is 8.32 Å². The Bertz CT molecular complexity index is 258. The van der Waals surface area contributed by atoms with Crippen molar-refractivity contribution >= 4 is 14.2 Å². The Morgan fingerprint density at radius 3 is 2.27 bits per heavy atom. The van der Waals surface area contributed by atoms with Gasteiger partial charge in [0.05, 0.1) is 6.54 Å². The van der Waals surface area contributed by atoms with Crippen molar-refractivity contribution in [2.75, 3.05) is 0 Å². The average Bonchev–Trinajstić information content (AvgIpc) is 1.98. The summed E-state index contributed by atoms with van der Waals surface area (Å²) in [5.41, 5.74) is 0. The zero-order chi connectivity index (χ0) is 11.9. The van der Waals surface area contributed by atoms with Gasteiger partial charge in [0.1, 0.15) is 6.23 Å². The Labute approximate surface area is 93.9 Å². The molecule has 1 aliphatic rings. The molecule has 87 valence electrons. The molecule has 0 unspecified atom stereocenters. The van der Waals surface area contributed by atoms with Crippen LogP contribution in [-0.2, 0) is 9.22 Å².